The van der Waals surface area contributed by atoms with Crippen LogP contribution < -0.4 is 0 Å². The second kappa shape index (κ2) is 6.51. The summed E-state index contributed by atoms with van der Waals surface area (Å²) in [6.07, 6.45) is 1.75. The van der Waals surface area contributed by atoms with Crippen molar-refractivity contribution in [2.75, 3.05) is 13.2 Å². The zero-order valence-corrected chi connectivity index (χ0v) is 13.5. The van der Waals surface area contributed by atoms with E-state index in [1.54, 1.807) is 11.8 Å². The Balaban J connectivity index is 1.69. The van der Waals surface area contributed by atoms with Gasteiger partial charge in [0.1, 0.15) is 0 Å². The normalized spacial score (nSPS) is 28.4. The van der Waals surface area contributed by atoms with Crippen LogP contribution in [0.25, 0.3) is 0 Å². The predicted octanol–water partition coefficient (Wildman–Crippen LogP) is 3.54. The summed E-state index contributed by atoms with van der Waals surface area (Å²) in [5.74, 6) is 0.607. The van der Waals surface area contributed by atoms with Crippen LogP contribution >= 0.6 is 11.8 Å². The lowest BCUT2D eigenvalue weighted by Gasteiger charge is -2.24. The van der Waals surface area contributed by atoms with Gasteiger partial charge in [0.05, 0.1) is 22.4 Å². The minimum Gasteiger partial charge on any atom is -0.387 e. The van der Waals surface area contributed by atoms with Crippen molar-refractivity contribution in [3.63, 3.8) is 0 Å². The fourth-order valence-corrected chi connectivity index (χ4v) is 4.37. The summed E-state index contributed by atoms with van der Waals surface area (Å²) in [6, 6.07) is 8.69. The summed E-state index contributed by atoms with van der Waals surface area (Å²) in [5.41, 5.74) is 2.37. The largest absolute Gasteiger partial charge is 0.387 e. The molecule has 21 heavy (non-hydrogen) atoms. The maximum absolute atomic E-state index is 10.6. The van der Waals surface area contributed by atoms with Gasteiger partial charge in [-0.15, -0.1) is 11.8 Å². The Labute approximate surface area is 130 Å². The van der Waals surface area contributed by atoms with Crippen molar-refractivity contribution in [3.05, 3.63) is 35.4 Å². The monoisotopic (exact) mass is 305 g/mol. The maximum atomic E-state index is 10.6. The maximum Gasteiger partial charge on any atom is 0.0933 e. The number of benzene rings is 1. The van der Waals surface area contributed by atoms with Crippen molar-refractivity contribution in [2.24, 2.45) is 4.99 Å². The van der Waals surface area contributed by atoms with Crippen molar-refractivity contribution < 1.29 is 9.84 Å². The summed E-state index contributed by atoms with van der Waals surface area (Å²) in [4.78, 5) is 4.51. The van der Waals surface area contributed by atoms with Gasteiger partial charge in [0.15, 0.2) is 0 Å². The molecular weight excluding hydrogens is 282 g/mol. The average molecular weight is 305 g/mol. The highest BCUT2D eigenvalue weighted by atomic mass is 32.2. The standard InChI is InChI=1S/C17H23NO2S/c1-11-17(21-12(2)18-11)16(19)15-5-3-13(4-6-15)14-7-9-20-10-8-14/h3-6,11,14,16-17,19H,7-10H2,1-2H3. The number of hydrogen-bond donors (Lipinski definition) is 1. The molecule has 2 heterocycles. The molecule has 1 aromatic carbocycles. The zero-order chi connectivity index (χ0) is 14.8. The molecule has 0 bridgehead atoms. The molecule has 0 saturated carbocycles. The first-order valence-corrected chi connectivity index (χ1v) is 8.60. The fourth-order valence-electron chi connectivity index (χ4n) is 3.20. The Bertz CT molecular complexity index is 508. The van der Waals surface area contributed by atoms with Gasteiger partial charge >= 0.3 is 0 Å². The van der Waals surface area contributed by atoms with Crippen molar-refractivity contribution >= 4 is 16.8 Å². The summed E-state index contributed by atoms with van der Waals surface area (Å²) in [5, 5.41) is 11.8. The minimum absolute atomic E-state index is 0.138. The Morgan fingerprint density at radius 2 is 1.90 bits per heavy atom. The Kier molecular flexibility index (Phi) is 4.67. The second-order valence-electron chi connectivity index (χ2n) is 5.97. The molecule has 2 aliphatic heterocycles. The Morgan fingerprint density at radius 1 is 1.24 bits per heavy atom. The van der Waals surface area contributed by atoms with Crippen molar-refractivity contribution in [2.45, 2.75) is 50.0 Å². The third kappa shape index (κ3) is 3.33. The first kappa shape index (κ1) is 15.1. The number of ether oxygens (including phenoxy) is 1. The van der Waals surface area contributed by atoms with E-state index in [9.17, 15) is 5.11 Å². The second-order valence-corrected chi connectivity index (χ2v) is 7.34. The highest BCUT2D eigenvalue weighted by Crippen LogP contribution is 2.36. The van der Waals surface area contributed by atoms with Gasteiger partial charge in [-0.3, -0.25) is 4.99 Å². The lowest BCUT2D eigenvalue weighted by atomic mass is 9.90. The molecule has 114 valence electrons. The van der Waals surface area contributed by atoms with Crippen LogP contribution in [0.5, 0.6) is 0 Å². The number of hydrogen-bond acceptors (Lipinski definition) is 4. The van der Waals surface area contributed by atoms with Gasteiger partial charge in [-0.05, 0) is 43.7 Å². The molecule has 1 fully saturated rings. The van der Waals surface area contributed by atoms with E-state index in [1.807, 2.05) is 6.92 Å². The molecule has 3 unspecified atom stereocenters. The fraction of sp³-hybridized carbons (Fsp3) is 0.588. The van der Waals surface area contributed by atoms with Crippen molar-refractivity contribution in [1.82, 2.24) is 0 Å². The molecule has 0 spiro atoms. The van der Waals surface area contributed by atoms with Crippen LogP contribution in [0.15, 0.2) is 29.3 Å². The third-order valence-corrected chi connectivity index (χ3v) is 5.82. The minimum atomic E-state index is -0.449. The molecule has 3 rings (SSSR count). The van der Waals surface area contributed by atoms with Gasteiger partial charge in [0.25, 0.3) is 0 Å². The Morgan fingerprint density at radius 3 is 2.48 bits per heavy atom. The first-order valence-electron chi connectivity index (χ1n) is 7.72. The van der Waals surface area contributed by atoms with Crippen LogP contribution in [-0.4, -0.2) is 34.7 Å². The highest BCUT2D eigenvalue weighted by molar-refractivity contribution is 8.14. The molecule has 4 heteroatoms. The number of aliphatic imine (C=N–C) groups is 1. The number of nitrogens with zero attached hydrogens (tertiary/aromatic N) is 1. The number of aliphatic hydroxyl groups excluding tert-OH is 1. The van der Waals surface area contributed by atoms with Crippen LogP contribution in [0, 0.1) is 0 Å². The average Bonchev–Trinajstić information content (AvgIpc) is 2.86. The first-order chi connectivity index (χ1) is 10.1. The summed E-state index contributed by atoms with van der Waals surface area (Å²) >= 11 is 1.69. The van der Waals surface area contributed by atoms with E-state index in [0.717, 1.165) is 36.7 Å². The molecule has 0 radical (unpaired) electrons. The van der Waals surface area contributed by atoms with E-state index >= 15 is 0 Å². The van der Waals surface area contributed by atoms with Crippen LogP contribution in [-0.2, 0) is 4.74 Å². The van der Waals surface area contributed by atoms with E-state index in [1.165, 1.54) is 5.56 Å². The lowest BCUT2D eigenvalue weighted by Crippen LogP contribution is -2.22. The number of aliphatic hydroxyl groups is 1. The Hall–Kier alpha value is -0.840. The highest BCUT2D eigenvalue weighted by Gasteiger charge is 2.32. The van der Waals surface area contributed by atoms with Crippen LogP contribution in [0.1, 0.15) is 49.8 Å². The number of thioether (sulfide) groups is 1. The summed E-state index contributed by atoms with van der Waals surface area (Å²) < 4.78 is 5.42. The van der Waals surface area contributed by atoms with Gasteiger partial charge in [-0.2, -0.15) is 0 Å². The molecule has 3 nitrogen and oxygen atoms in total. The van der Waals surface area contributed by atoms with E-state index in [-0.39, 0.29) is 11.3 Å². The molecule has 1 N–H and O–H groups in total. The van der Waals surface area contributed by atoms with Crippen molar-refractivity contribution in [1.29, 1.82) is 0 Å². The molecule has 1 saturated heterocycles. The van der Waals surface area contributed by atoms with Crippen LogP contribution in [0.2, 0.25) is 0 Å². The van der Waals surface area contributed by atoms with E-state index in [2.05, 4.69) is 36.2 Å². The third-order valence-electron chi connectivity index (χ3n) is 4.45. The lowest BCUT2D eigenvalue weighted by molar-refractivity contribution is 0.0853. The molecule has 0 aliphatic carbocycles. The summed E-state index contributed by atoms with van der Waals surface area (Å²) in [7, 11) is 0. The van der Waals surface area contributed by atoms with Crippen molar-refractivity contribution in [3.8, 4) is 0 Å². The van der Waals surface area contributed by atoms with E-state index in [0.29, 0.717) is 5.92 Å². The van der Waals surface area contributed by atoms with Crippen LogP contribution in [0.3, 0.4) is 0 Å². The molecule has 3 atom stereocenters. The van der Waals surface area contributed by atoms with E-state index < -0.39 is 6.10 Å². The van der Waals surface area contributed by atoms with Crippen LogP contribution in [0.4, 0.5) is 0 Å². The zero-order valence-electron chi connectivity index (χ0n) is 12.7. The van der Waals surface area contributed by atoms with Gasteiger partial charge < -0.3 is 9.84 Å². The topological polar surface area (TPSA) is 41.8 Å². The molecular formula is C17H23NO2S. The van der Waals surface area contributed by atoms with Gasteiger partial charge in [0.2, 0.25) is 0 Å². The molecule has 2 aliphatic rings. The molecule has 0 amide bonds. The van der Waals surface area contributed by atoms with E-state index in [4.69, 9.17) is 4.74 Å². The smallest absolute Gasteiger partial charge is 0.0933 e. The predicted molar refractivity (Wildman–Crippen MR) is 88.1 cm³/mol. The number of rotatable bonds is 3. The van der Waals surface area contributed by atoms with Gasteiger partial charge in [-0.1, -0.05) is 24.3 Å². The SMILES string of the molecule is CC1=NC(C)C(C(O)c2ccc(C3CCOCC3)cc2)S1. The van der Waals surface area contributed by atoms with Gasteiger partial charge in [-0.25, -0.2) is 0 Å². The quantitative estimate of drug-likeness (QED) is 0.929. The summed E-state index contributed by atoms with van der Waals surface area (Å²) in [6.45, 7) is 5.82. The van der Waals surface area contributed by atoms with Gasteiger partial charge in [0, 0.05) is 13.2 Å². The molecule has 0 aromatic heterocycles. The molecule has 1 aromatic rings.